The Labute approximate surface area is 110 Å². The minimum Gasteiger partial charge on any atom is -0.472 e. The van der Waals surface area contributed by atoms with E-state index in [2.05, 4.69) is 11.4 Å². The van der Waals surface area contributed by atoms with Crippen LogP contribution in [0.3, 0.4) is 0 Å². The maximum absolute atomic E-state index is 10.2. The number of nitrogens with zero attached hydrogens (tertiary/aromatic N) is 2. The largest absolute Gasteiger partial charge is 0.472 e. The van der Waals surface area contributed by atoms with Crippen LogP contribution < -0.4 is 12.3 Å². The molecule has 1 rings (SSSR count). The van der Waals surface area contributed by atoms with Crippen molar-refractivity contribution < 1.29 is 14.8 Å². The van der Waals surface area contributed by atoms with E-state index in [0.29, 0.717) is 5.69 Å². The Morgan fingerprint density at radius 2 is 2.11 bits per heavy atom. The lowest BCUT2D eigenvalue weighted by atomic mass is 10.3. The van der Waals surface area contributed by atoms with Crippen molar-refractivity contribution in [1.82, 2.24) is 17.3 Å². The number of hydrogen-bond acceptors (Lipinski definition) is 6. The maximum Gasteiger partial charge on any atom is 0.382 e. The molecular formula is C11H14N4O4. The molecule has 0 spiro atoms. The van der Waals surface area contributed by atoms with Crippen LogP contribution in [0, 0.1) is 41.2 Å². The molecule has 102 valence electrons. The van der Waals surface area contributed by atoms with E-state index in [1.165, 1.54) is 12.3 Å². The van der Waals surface area contributed by atoms with Crippen molar-refractivity contribution in [1.29, 1.82) is 0 Å². The molecule has 0 saturated heterocycles. The van der Waals surface area contributed by atoms with E-state index in [0.717, 1.165) is 0 Å². The highest BCUT2D eigenvalue weighted by atomic mass is 16.6. The second-order valence-electron chi connectivity index (χ2n) is 2.56. The number of aryl methyl sites for hydroxylation is 1. The van der Waals surface area contributed by atoms with E-state index in [1.807, 2.05) is 11.8 Å². The summed E-state index contributed by atoms with van der Waals surface area (Å²) in [5, 5.41) is 18.0. The van der Waals surface area contributed by atoms with Gasteiger partial charge in [0.25, 0.3) is 5.69 Å². The van der Waals surface area contributed by atoms with Crippen LogP contribution in [0.15, 0.2) is 18.3 Å². The third-order valence-corrected chi connectivity index (χ3v) is 1.42. The molecule has 7 N–H and O–H groups in total. The number of terminal acetylenes is 1. The first-order valence-electron chi connectivity index (χ1n) is 4.24. The van der Waals surface area contributed by atoms with Crippen molar-refractivity contribution in [2.75, 3.05) is 0 Å². The number of carboxylic acid groups (broad SMARTS) is 1. The Kier molecular flexibility index (Phi) is 13.0. The highest BCUT2D eigenvalue weighted by Crippen LogP contribution is 2.12. The van der Waals surface area contributed by atoms with E-state index in [1.54, 1.807) is 18.9 Å². The van der Waals surface area contributed by atoms with Crippen molar-refractivity contribution in [2.24, 2.45) is 0 Å². The van der Waals surface area contributed by atoms with Crippen LogP contribution in [0.4, 0.5) is 5.69 Å². The molecule has 1 aromatic heterocycles. The summed E-state index contributed by atoms with van der Waals surface area (Å²) in [5.74, 6) is 4.31. The minimum absolute atomic E-state index is 0. The van der Waals surface area contributed by atoms with Crippen molar-refractivity contribution in [2.45, 2.75) is 6.92 Å². The molecule has 0 radical (unpaired) electrons. The van der Waals surface area contributed by atoms with Gasteiger partial charge in [0.2, 0.25) is 0 Å². The molecule has 0 atom stereocenters. The number of nitro groups is 1. The van der Waals surface area contributed by atoms with Gasteiger partial charge in [-0.25, -0.2) is 4.79 Å². The van der Waals surface area contributed by atoms with Gasteiger partial charge in [-0.15, -0.1) is 6.42 Å². The summed E-state index contributed by atoms with van der Waals surface area (Å²) >= 11 is 0. The van der Waals surface area contributed by atoms with Gasteiger partial charge in [0.1, 0.15) is 5.69 Å². The fourth-order valence-electron chi connectivity index (χ4n) is 0.758. The summed E-state index contributed by atoms with van der Waals surface area (Å²) in [4.78, 5) is 23.0. The van der Waals surface area contributed by atoms with Gasteiger partial charge < -0.3 is 17.4 Å². The molecule has 0 saturated carbocycles. The summed E-state index contributed by atoms with van der Waals surface area (Å²) in [6.07, 6.45) is 6.12. The van der Waals surface area contributed by atoms with Crippen LogP contribution >= 0.6 is 0 Å². The first kappa shape index (κ1) is 21.4. The number of aromatic nitrogens is 1. The zero-order valence-corrected chi connectivity index (χ0v) is 10.3. The molecule has 1 aromatic rings. The van der Waals surface area contributed by atoms with Crippen LogP contribution in [0.25, 0.3) is 0 Å². The average molecular weight is 266 g/mol. The lowest BCUT2D eigenvalue weighted by molar-refractivity contribution is -0.385. The Morgan fingerprint density at radius 1 is 1.53 bits per heavy atom. The summed E-state index contributed by atoms with van der Waals surface area (Å²) in [6.45, 7) is 1.61. The summed E-state index contributed by atoms with van der Waals surface area (Å²) in [5.41, 5.74) is 0.523. The molecule has 0 aliphatic carbocycles. The van der Waals surface area contributed by atoms with Gasteiger partial charge in [0, 0.05) is 18.2 Å². The second kappa shape index (κ2) is 11.5. The van der Waals surface area contributed by atoms with Crippen molar-refractivity contribution in [3.05, 3.63) is 34.1 Å². The molecule has 8 nitrogen and oxygen atoms in total. The van der Waals surface area contributed by atoms with Crippen LogP contribution in [-0.2, 0) is 4.79 Å². The average Bonchev–Trinajstić information content (AvgIpc) is 2.27. The number of rotatable bonds is 1. The van der Waals surface area contributed by atoms with E-state index < -0.39 is 10.9 Å². The van der Waals surface area contributed by atoms with E-state index in [9.17, 15) is 14.9 Å². The Balaban J connectivity index is -0.000000258. The number of aliphatic carboxylic acids is 1. The van der Waals surface area contributed by atoms with Gasteiger partial charge >= 0.3 is 5.97 Å². The highest BCUT2D eigenvalue weighted by Gasteiger charge is 2.07. The van der Waals surface area contributed by atoms with Gasteiger partial charge in [-0.3, -0.25) is 15.1 Å². The second-order valence-corrected chi connectivity index (χ2v) is 2.56. The molecule has 0 fully saturated rings. The summed E-state index contributed by atoms with van der Waals surface area (Å²) < 4.78 is 0. The first-order valence-corrected chi connectivity index (χ1v) is 4.24. The van der Waals surface area contributed by atoms with E-state index >= 15 is 0 Å². The monoisotopic (exact) mass is 266 g/mol. The lowest BCUT2D eigenvalue weighted by Gasteiger charge is -1.91. The standard InChI is InChI=1S/C6H6N2O2.C5H2O2.2H3N/c1-5-6(8(9)10)3-2-4-7-5;1-2-3-4-5(6)7;;/h2-4H,1H3;1H,(H,6,7);2*1H3. The fourth-order valence-corrected chi connectivity index (χ4v) is 0.758. The molecule has 0 bridgehead atoms. The van der Waals surface area contributed by atoms with Crippen molar-refractivity contribution >= 4 is 11.7 Å². The van der Waals surface area contributed by atoms with Gasteiger partial charge in [-0.05, 0) is 24.8 Å². The molecular weight excluding hydrogens is 252 g/mol. The SMILES string of the molecule is C#CC#CC(=O)O.Cc1ncccc1[N+](=O)[O-].N.N. The van der Waals surface area contributed by atoms with Crippen molar-refractivity contribution in [3.63, 3.8) is 0 Å². The lowest BCUT2D eigenvalue weighted by Crippen LogP contribution is -1.92. The quantitative estimate of drug-likeness (QED) is 0.392. The zero-order chi connectivity index (χ0) is 13.3. The molecule has 0 aliphatic rings. The molecule has 0 unspecified atom stereocenters. The Bertz CT molecular complexity index is 525. The van der Waals surface area contributed by atoms with E-state index in [4.69, 9.17) is 5.11 Å². The van der Waals surface area contributed by atoms with Gasteiger partial charge in [-0.1, -0.05) is 0 Å². The molecule has 0 aliphatic heterocycles. The molecule has 0 aromatic carbocycles. The molecule has 8 heteroatoms. The smallest absolute Gasteiger partial charge is 0.382 e. The number of carbonyl (C=O) groups is 1. The normalized spacial score (nSPS) is 6.74. The molecule has 19 heavy (non-hydrogen) atoms. The summed E-state index contributed by atoms with van der Waals surface area (Å²) in [7, 11) is 0. The number of pyridine rings is 1. The molecule has 0 amide bonds. The zero-order valence-electron chi connectivity index (χ0n) is 10.3. The third kappa shape index (κ3) is 9.96. The number of carboxylic acids is 1. The van der Waals surface area contributed by atoms with Gasteiger partial charge in [-0.2, -0.15) is 0 Å². The predicted molar refractivity (Wildman–Crippen MR) is 69.9 cm³/mol. The van der Waals surface area contributed by atoms with Crippen LogP contribution in [0.5, 0.6) is 0 Å². The Morgan fingerprint density at radius 3 is 2.37 bits per heavy atom. The van der Waals surface area contributed by atoms with Crippen LogP contribution in [0.1, 0.15) is 5.69 Å². The minimum atomic E-state index is -1.20. The van der Waals surface area contributed by atoms with Gasteiger partial charge in [0.05, 0.1) is 4.92 Å². The maximum atomic E-state index is 10.2. The van der Waals surface area contributed by atoms with Crippen LogP contribution in [-0.4, -0.2) is 21.0 Å². The molecule has 1 heterocycles. The summed E-state index contributed by atoms with van der Waals surface area (Å²) in [6, 6.07) is 2.98. The first-order chi connectivity index (χ1) is 7.99. The van der Waals surface area contributed by atoms with Crippen LogP contribution in [0.2, 0.25) is 0 Å². The topological polar surface area (TPSA) is 163 Å². The fraction of sp³-hybridized carbons (Fsp3) is 0.0909. The third-order valence-electron chi connectivity index (χ3n) is 1.42. The number of hydrogen-bond donors (Lipinski definition) is 3. The van der Waals surface area contributed by atoms with Crippen molar-refractivity contribution in [3.8, 4) is 24.2 Å². The Hall–Kier alpha value is -2.94. The highest BCUT2D eigenvalue weighted by molar-refractivity contribution is 5.87. The van der Waals surface area contributed by atoms with Gasteiger partial charge in [0.15, 0.2) is 0 Å². The van der Waals surface area contributed by atoms with E-state index in [-0.39, 0.29) is 18.0 Å². The predicted octanol–water partition coefficient (Wildman–Crippen LogP) is 1.33.